The van der Waals surface area contributed by atoms with Crippen LogP contribution in [0.1, 0.15) is 144 Å². The van der Waals surface area contributed by atoms with E-state index >= 15 is 9.59 Å². The van der Waals surface area contributed by atoms with E-state index in [4.69, 9.17) is 18.9 Å². The predicted octanol–water partition coefficient (Wildman–Crippen LogP) is 10.5. The lowest BCUT2D eigenvalue weighted by Gasteiger charge is -2.56. The summed E-state index contributed by atoms with van der Waals surface area (Å²) in [5.74, 6) is -1.34. The Morgan fingerprint density at radius 2 is 0.859 bits per heavy atom. The molecule has 6 aliphatic carbocycles. The predicted molar refractivity (Wildman–Crippen MR) is 247 cm³/mol. The van der Waals surface area contributed by atoms with E-state index in [-0.39, 0.29) is 61.3 Å². The highest BCUT2D eigenvalue weighted by Gasteiger charge is 2.72. The summed E-state index contributed by atoms with van der Waals surface area (Å²) < 4.78 is 26.9. The van der Waals surface area contributed by atoms with Crippen LogP contribution in [0.5, 0.6) is 11.5 Å². The van der Waals surface area contributed by atoms with Gasteiger partial charge in [0.05, 0.1) is 35.2 Å². The SMILES string of the molecule is CCOC(=O)C1=C(C)C2C(C(C)(C)C)=CC13Cc1cc(C(C)(C)C)cc4c1OC1(C4)C(=O)C4(C=C(C(C)(C)C)C1C(C)=C4C(=O)OCC)Cc1cc(C(C)(C)C)cc4c1OC2(C4)C3=O. The summed E-state index contributed by atoms with van der Waals surface area (Å²) in [5, 5.41) is 0. The largest absolute Gasteiger partial charge is 0.478 e. The Morgan fingerprint density at radius 3 is 1.14 bits per heavy atom. The van der Waals surface area contributed by atoms with Crippen molar-refractivity contribution in [3.05, 3.63) is 103 Å². The Hall–Kier alpha value is -4.72. The molecule has 0 saturated carbocycles. The minimum absolute atomic E-state index is 0.0996. The van der Waals surface area contributed by atoms with Gasteiger partial charge in [-0.1, -0.05) is 131 Å². The molecule has 0 saturated heterocycles. The summed E-state index contributed by atoms with van der Waals surface area (Å²) in [7, 11) is 0. The first-order chi connectivity index (χ1) is 29.5. The van der Waals surface area contributed by atoms with Gasteiger partial charge in [0.15, 0.2) is 22.8 Å². The summed E-state index contributed by atoms with van der Waals surface area (Å²) in [6.45, 7) is 33.9. The van der Waals surface area contributed by atoms with Gasteiger partial charge >= 0.3 is 11.9 Å². The maximum atomic E-state index is 16.5. The van der Waals surface area contributed by atoms with Gasteiger partial charge in [-0.15, -0.1) is 0 Å². The molecule has 0 radical (unpaired) electrons. The Labute approximate surface area is 380 Å². The minimum Gasteiger partial charge on any atom is -0.478 e. The lowest BCUT2D eigenvalue weighted by Crippen LogP contribution is -2.66. The van der Waals surface area contributed by atoms with Gasteiger partial charge in [-0.2, -0.15) is 0 Å². The lowest BCUT2D eigenvalue weighted by atomic mass is 9.47. The number of Topliss-reactive ketones (excluding diaryl/α,β-unsaturated/α-hetero) is 2. The van der Waals surface area contributed by atoms with Gasteiger partial charge in [0.1, 0.15) is 11.5 Å². The molecule has 8 bridgehead atoms. The number of rotatable bonds is 4. The number of allylic oxidation sites excluding steroid dienone is 2. The highest BCUT2D eigenvalue weighted by atomic mass is 16.5. The van der Waals surface area contributed by atoms with E-state index in [9.17, 15) is 9.59 Å². The Morgan fingerprint density at radius 1 is 0.547 bits per heavy atom. The lowest BCUT2D eigenvalue weighted by molar-refractivity contribution is -0.152. The molecule has 9 aliphatic rings. The number of hydrogen-bond acceptors (Lipinski definition) is 8. The second kappa shape index (κ2) is 13.4. The van der Waals surface area contributed by atoms with Crippen LogP contribution in [0, 0.1) is 33.5 Å². The standard InChI is InChI=1S/C56H68O8/c1-17-61-45(57)41-29(3)39-37(51(11,12)13)27-53(41)23-31-19-35(49(5,6)7)22-34-26-56(64-43(31)34)40-30(4)42(46(58)62-18-2)54(48(56)60,28-38(40)52(14,15)16)24-32-20-36(50(8,9)10)21-33-25-55(39,47(53)59)63-44(32)33/h19-22,27-28,39-40H,17-18,23-26H2,1-16H3. The van der Waals surface area contributed by atoms with Crippen molar-refractivity contribution < 1.29 is 38.1 Å². The zero-order chi connectivity index (χ0) is 46.9. The van der Waals surface area contributed by atoms with Gasteiger partial charge in [-0.25, -0.2) is 9.59 Å². The third kappa shape index (κ3) is 5.77. The van der Waals surface area contributed by atoms with E-state index < -0.39 is 56.6 Å². The Bertz CT molecular complexity index is 2460. The van der Waals surface area contributed by atoms with Crippen molar-refractivity contribution in [3.8, 4) is 11.5 Å². The van der Waals surface area contributed by atoms with Crippen molar-refractivity contribution in [3.63, 3.8) is 0 Å². The molecule has 2 aromatic carbocycles. The maximum Gasteiger partial charge on any atom is 0.335 e. The molecule has 11 rings (SSSR count). The molecule has 8 nitrogen and oxygen atoms in total. The Kier molecular flexibility index (Phi) is 9.34. The molecule has 340 valence electrons. The normalized spacial score (nSPS) is 30.2. The molecule has 0 amide bonds. The van der Waals surface area contributed by atoms with Crippen molar-refractivity contribution >= 4 is 23.5 Å². The van der Waals surface area contributed by atoms with Crippen molar-refractivity contribution in [2.75, 3.05) is 13.2 Å². The minimum atomic E-state index is -1.49. The van der Waals surface area contributed by atoms with Crippen LogP contribution in [-0.2, 0) is 65.2 Å². The summed E-state index contributed by atoms with van der Waals surface area (Å²) in [6.07, 6.45) is 4.93. The van der Waals surface area contributed by atoms with Crippen molar-refractivity contribution in [1.82, 2.24) is 0 Å². The van der Waals surface area contributed by atoms with E-state index in [1.165, 1.54) is 0 Å². The highest BCUT2D eigenvalue weighted by molar-refractivity contribution is 6.12. The van der Waals surface area contributed by atoms with Crippen molar-refractivity contribution in [2.24, 2.45) is 33.5 Å². The molecule has 0 aromatic heterocycles. The van der Waals surface area contributed by atoms with E-state index in [1.54, 1.807) is 13.8 Å². The molecule has 8 heteroatoms. The first kappa shape index (κ1) is 44.5. The number of carbonyl (C=O) groups is 4. The van der Waals surface area contributed by atoms with Crippen LogP contribution >= 0.6 is 0 Å². The molecule has 64 heavy (non-hydrogen) atoms. The monoisotopic (exact) mass is 868 g/mol. The van der Waals surface area contributed by atoms with Gasteiger partial charge in [-0.05, 0) is 107 Å². The maximum absolute atomic E-state index is 16.5. The average molecular weight is 869 g/mol. The smallest absolute Gasteiger partial charge is 0.335 e. The second-order valence-corrected chi connectivity index (χ2v) is 24.2. The van der Waals surface area contributed by atoms with Crippen LogP contribution in [0.4, 0.5) is 0 Å². The van der Waals surface area contributed by atoms with Gasteiger partial charge in [-0.3, -0.25) is 9.59 Å². The van der Waals surface area contributed by atoms with Gasteiger partial charge in [0.2, 0.25) is 0 Å². The molecule has 3 aliphatic heterocycles. The van der Waals surface area contributed by atoms with Crippen LogP contribution in [0.25, 0.3) is 0 Å². The van der Waals surface area contributed by atoms with Gasteiger partial charge < -0.3 is 18.9 Å². The van der Waals surface area contributed by atoms with E-state index in [0.717, 1.165) is 55.7 Å². The van der Waals surface area contributed by atoms with E-state index in [2.05, 4.69) is 120 Å². The van der Waals surface area contributed by atoms with Crippen LogP contribution < -0.4 is 9.47 Å². The van der Waals surface area contributed by atoms with Crippen LogP contribution in [0.15, 0.2) is 69.9 Å². The third-order valence-electron chi connectivity index (χ3n) is 15.8. The zero-order valence-electron chi connectivity index (χ0n) is 41.1. The molecule has 0 N–H and O–H groups in total. The highest BCUT2D eigenvalue weighted by Crippen LogP contribution is 2.67. The van der Waals surface area contributed by atoms with Gasteiger partial charge in [0.25, 0.3) is 0 Å². The second-order valence-electron chi connectivity index (χ2n) is 24.2. The van der Waals surface area contributed by atoms with Crippen molar-refractivity contribution in [2.45, 2.75) is 158 Å². The Balaban J connectivity index is 1.45. The average Bonchev–Trinajstić information content (AvgIpc) is 3.74. The summed E-state index contributed by atoms with van der Waals surface area (Å²) in [6, 6.07) is 8.62. The number of esters is 2. The quantitative estimate of drug-likeness (QED) is 0.221. The molecule has 3 heterocycles. The molecular formula is C56H68O8. The van der Waals surface area contributed by atoms with Crippen molar-refractivity contribution in [1.29, 1.82) is 0 Å². The summed E-state index contributed by atoms with van der Waals surface area (Å²) in [5.41, 5.74) is 2.42. The number of ether oxygens (including phenoxy) is 4. The molecule has 6 atom stereocenters. The summed E-state index contributed by atoms with van der Waals surface area (Å²) >= 11 is 0. The van der Waals surface area contributed by atoms with Gasteiger partial charge in [0, 0.05) is 24.7 Å². The number of hydrogen-bond donors (Lipinski definition) is 0. The first-order valence-corrected chi connectivity index (χ1v) is 23.6. The fourth-order valence-corrected chi connectivity index (χ4v) is 13.0. The topological polar surface area (TPSA) is 105 Å². The van der Waals surface area contributed by atoms with Crippen LogP contribution in [0.3, 0.4) is 0 Å². The number of benzene rings is 2. The fraction of sp³-hybridized carbons (Fsp3) is 0.571. The first-order valence-electron chi connectivity index (χ1n) is 23.6. The molecular weight excluding hydrogens is 801 g/mol. The zero-order valence-corrected chi connectivity index (χ0v) is 41.1. The number of carbonyl (C=O) groups excluding carboxylic acids is 4. The van der Waals surface area contributed by atoms with E-state index in [1.807, 2.05) is 13.8 Å². The molecule has 0 fully saturated rings. The summed E-state index contributed by atoms with van der Waals surface area (Å²) in [4.78, 5) is 62.2. The van der Waals surface area contributed by atoms with E-state index in [0.29, 0.717) is 22.6 Å². The van der Waals surface area contributed by atoms with Crippen LogP contribution in [0.2, 0.25) is 0 Å². The van der Waals surface area contributed by atoms with Crippen LogP contribution in [-0.4, -0.2) is 47.9 Å². The number of ketones is 2. The molecule has 2 aromatic rings. The fourth-order valence-electron chi connectivity index (χ4n) is 13.0. The third-order valence-corrected chi connectivity index (χ3v) is 15.8. The molecule has 6 unspecified atom stereocenters. The molecule has 4 spiro atoms.